The van der Waals surface area contributed by atoms with E-state index in [1.807, 2.05) is 55.5 Å². The van der Waals surface area contributed by atoms with Gasteiger partial charge in [-0.3, -0.25) is 19.5 Å². The Morgan fingerprint density at radius 3 is 2.34 bits per heavy atom. The molecule has 0 radical (unpaired) electrons. The van der Waals surface area contributed by atoms with Gasteiger partial charge in [-0.2, -0.15) is 0 Å². The first-order valence-corrected chi connectivity index (χ1v) is 16.6. The van der Waals surface area contributed by atoms with Crippen LogP contribution in [0, 0.1) is 12.3 Å². The summed E-state index contributed by atoms with van der Waals surface area (Å²) in [5.74, 6) is -1.27. The number of hydrogen-bond donors (Lipinski definition) is 3. The smallest absolute Gasteiger partial charge is 0.310 e. The molecule has 0 atom stereocenters. The summed E-state index contributed by atoms with van der Waals surface area (Å²) < 4.78 is 28.4. The van der Waals surface area contributed by atoms with Gasteiger partial charge in [-0.1, -0.05) is 55.8 Å². The van der Waals surface area contributed by atoms with Crippen LogP contribution in [0.2, 0.25) is 0 Å². The minimum atomic E-state index is -3.54. The van der Waals surface area contributed by atoms with Crippen LogP contribution in [0.5, 0.6) is 0 Å². The van der Waals surface area contributed by atoms with Crippen LogP contribution in [0.4, 0.5) is 5.69 Å². The van der Waals surface area contributed by atoms with Crippen molar-refractivity contribution in [3.8, 4) is 0 Å². The highest BCUT2D eigenvalue weighted by Gasteiger charge is 2.37. The van der Waals surface area contributed by atoms with Crippen molar-refractivity contribution < 1.29 is 23.1 Å². The molecule has 0 bridgehead atoms. The van der Waals surface area contributed by atoms with E-state index in [2.05, 4.69) is 14.9 Å². The van der Waals surface area contributed by atoms with Gasteiger partial charge >= 0.3 is 5.97 Å². The van der Waals surface area contributed by atoms with E-state index >= 15 is 0 Å². The van der Waals surface area contributed by atoms with Crippen LogP contribution in [0.25, 0.3) is 12.2 Å². The lowest BCUT2D eigenvalue weighted by Gasteiger charge is -2.32. The Bertz CT molecular complexity index is 1580. The SMILES string of the molecule is CCC(CC)(CC(=O)Nc1cccc(/C=C/c2cccc(CN3CCC(NS(=O)(=O)c4ccc(C)cc4)CC3)n2)c1)C(=O)O. The van der Waals surface area contributed by atoms with Crippen molar-refractivity contribution in [2.75, 3.05) is 18.4 Å². The number of aryl methyl sites for hydroxylation is 1. The molecule has 0 saturated carbocycles. The van der Waals surface area contributed by atoms with E-state index in [4.69, 9.17) is 4.98 Å². The number of aliphatic carboxylic acids is 1. The number of rotatable bonds is 13. The molecule has 3 N–H and O–H groups in total. The minimum Gasteiger partial charge on any atom is -0.481 e. The van der Waals surface area contributed by atoms with Crippen molar-refractivity contribution in [1.82, 2.24) is 14.6 Å². The first-order valence-electron chi connectivity index (χ1n) is 15.1. The molecule has 9 nitrogen and oxygen atoms in total. The Kier molecular flexibility index (Phi) is 11.1. The number of carbonyl (C=O) groups excluding carboxylic acids is 1. The predicted molar refractivity (Wildman–Crippen MR) is 173 cm³/mol. The third kappa shape index (κ3) is 8.84. The second-order valence-electron chi connectivity index (χ2n) is 11.5. The van der Waals surface area contributed by atoms with E-state index in [9.17, 15) is 23.1 Å². The number of carboxylic acid groups (broad SMARTS) is 1. The first kappa shape index (κ1) is 33.0. The Balaban J connectivity index is 1.30. The van der Waals surface area contributed by atoms with Gasteiger partial charge < -0.3 is 10.4 Å². The maximum Gasteiger partial charge on any atom is 0.310 e. The molecule has 0 unspecified atom stereocenters. The number of likely N-dealkylation sites (tertiary alicyclic amines) is 1. The number of piperidine rings is 1. The minimum absolute atomic E-state index is 0.0766. The standard InChI is InChI=1S/C34H42N4O5S/c1-4-34(5-2,33(40)41)23-32(39)36-29-10-6-8-26(22-29)14-15-27-9-7-11-30(35-27)24-38-20-18-28(19-21-38)37-44(42,43)31-16-12-25(3)13-17-31/h6-17,22,28,37H,4-5,18-21,23-24H2,1-3H3,(H,36,39)(H,40,41)/b15-14+. The van der Waals surface area contributed by atoms with Gasteiger partial charge in [0.2, 0.25) is 15.9 Å². The average molecular weight is 619 g/mol. The fourth-order valence-corrected chi connectivity index (χ4v) is 6.72. The quantitative estimate of drug-likeness (QED) is 0.223. The number of nitrogens with zero attached hydrogens (tertiary/aromatic N) is 2. The molecule has 1 fully saturated rings. The largest absolute Gasteiger partial charge is 0.481 e. The number of sulfonamides is 1. The van der Waals surface area contributed by atoms with Crippen molar-refractivity contribution in [2.24, 2.45) is 5.41 Å². The van der Waals surface area contributed by atoms with E-state index in [0.29, 0.717) is 30.0 Å². The fourth-order valence-electron chi connectivity index (χ4n) is 5.41. The molecule has 4 rings (SSSR count). The Morgan fingerprint density at radius 2 is 1.68 bits per heavy atom. The number of benzene rings is 2. The molecule has 1 saturated heterocycles. The lowest BCUT2D eigenvalue weighted by atomic mass is 9.79. The molecule has 234 valence electrons. The summed E-state index contributed by atoms with van der Waals surface area (Å²) >= 11 is 0. The lowest BCUT2D eigenvalue weighted by Crippen LogP contribution is -2.44. The number of hydrogen-bond acceptors (Lipinski definition) is 6. The van der Waals surface area contributed by atoms with Crippen molar-refractivity contribution in [1.29, 1.82) is 0 Å². The monoisotopic (exact) mass is 618 g/mol. The summed E-state index contributed by atoms with van der Waals surface area (Å²) in [5, 5.41) is 12.5. The molecule has 0 aliphatic carbocycles. The number of anilines is 1. The second kappa shape index (κ2) is 14.7. The van der Waals surface area contributed by atoms with Gasteiger partial charge in [0.25, 0.3) is 0 Å². The van der Waals surface area contributed by atoms with Crippen LogP contribution in [0.1, 0.15) is 68.5 Å². The molecule has 44 heavy (non-hydrogen) atoms. The van der Waals surface area contributed by atoms with E-state index < -0.39 is 21.4 Å². The van der Waals surface area contributed by atoms with Crippen LogP contribution in [-0.2, 0) is 26.2 Å². The molecule has 1 aliphatic rings. The average Bonchev–Trinajstić information content (AvgIpc) is 3.00. The topological polar surface area (TPSA) is 129 Å². The van der Waals surface area contributed by atoms with Crippen LogP contribution < -0.4 is 10.0 Å². The summed E-state index contributed by atoms with van der Waals surface area (Å²) in [6.07, 6.45) is 5.99. The second-order valence-corrected chi connectivity index (χ2v) is 13.2. The highest BCUT2D eigenvalue weighted by molar-refractivity contribution is 7.89. The van der Waals surface area contributed by atoms with Crippen LogP contribution in [0.3, 0.4) is 0 Å². The maximum atomic E-state index is 12.8. The van der Waals surface area contributed by atoms with Crippen molar-refractivity contribution in [2.45, 2.75) is 70.4 Å². The molecule has 2 heterocycles. The summed E-state index contributed by atoms with van der Waals surface area (Å²) in [5.41, 5.74) is 3.17. The van der Waals surface area contributed by atoms with Crippen LogP contribution in [-0.4, -0.2) is 54.4 Å². The fraction of sp³-hybridized carbons (Fsp3) is 0.382. The van der Waals surface area contributed by atoms with Crippen LogP contribution in [0.15, 0.2) is 71.6 Å². The van der Waals surface area contributed by atoms with Gasteiger partial charge in [-0.15, -0.1) is 0 Å². The van der Waals surface area contributed by atoms with Gasteiger partial charge in [0, 0.05) is 37.8 Å². The van der Waals surface area contributed by atoms with E-state index in [0.717, 1.165) is 48.4 Å². The summed E-state index contributed by atoms with van der Waals surface area (Å²) in [4.78, 5) is 31.8. The number of pyridine rings is 1. The highest BCUT2D eigenvalue weighted by Crippen LogP contribution is 2.31. The third-order valence-corrected chi connectivity index (χ3v) is 9.91. The zero-order valence-corrected chi connectivity index (χ0v) is 26.4. The molecule has 1 aliphatic heterocycles. The van der Waals surface area contributed by atoms with Crippen molar-refractivity contribution in [3.63, 3.8) is 0 Å². The molecule has 3 aromatic rings. The van der Waals surface area contributed by atoms with E-state index in [-0.39, 0.29) is 18.4 Å². The maximum absolute atomic E-state index is 12.8. The zero-order chi connectivity index (χ0) is 31.7. The number of nitrogens with one attached hydrogen (secondary N) is 2. The van der Waals surface area contributed by atoms with Crippen molar-refractivity contribution in [3.05, 3.63) is 89.2 Å². The lowest BCUT2D eigenvalue weighted by molar-refractivity contribution is -0.151. The predicted octanol–water partition coefficient (Wildman–Crippen LogP) is 5.72. The molecular weight excluding hydrogens is 576 g/mol. The van der Waals surface area contributed by atoms with Crippen molar-refractivity contribution >= 4 is 39.7 Å². The summed E-state index contributed by atoms with van der Waals surface area (Å²) in [7, 11) is -3.54. The summed E-state index contributed by atoms with van der Waals surface area (Å²) in [6, 6.07) is 20.1. The number of aromatic nitrogens is 1. The number of carbonyl (C=O) groups is 2. The third-order valence-electron chi connectivity index (χ3n) is 8.38. The van der Waals surface area contributed by atoms with Crippen LogP contribution >= 0.6 is 0 Å². The molecular formula is C34H42N4O5S. The first-order chi connectivity index (χ1) is 21.0. The normalized spacial score (nSPS) is 15.0. The molecule has 0 spiro atoms. The molecule has 1 amide bonds. The Morgan fingerprint density at radius 1 is 1.00 bits per heavy atom. The Labute approximate surface area is 260 Å². The van der Waals surface area contributed by atoms with Gasteiger partial charge in [0.05, 0.1) is 21.7 Å². The van der Waals surface area contributed by atoms with Gasteiger partial charge in [0.15, 0.2) is 0 Å². The van der Waals surface area contributed by atoms with Gasteiger partial charge in [0.1, 0.15) is 0 Å². The van der Waals surface area contributed by atoms with Gasteiger partial charge in [-0.25, -0.2) is 13.1 Å². The Hall–Kier alpha value is -3.86. The highest BCUT2D eigenvalue weighted by atomic mass is 32.2. The number of amides is 1. The van der Waals surface area contributed by atoms with E-state index in [1.165, 1.54) is 0 Å². The zero-order valence-electron chi connectivity index (χ0n) is 25.6. The van der Waals surface area contributed by atoms with E-state index in [1.54, 1.807) is 44.2 Å². The summed E-state index contributed by atoms with van der Waals surface area (Å²) in [6.45, 7) is 7.73. The molecule has 2 aromatic carbocycles. The molecule has 10 heteroatoms. The van der Waals surface area contributed by atoms with Gasteiger partial charge in [-0.05, 0) is 80.6 Å². The number of carboxylic acids is 1. The molecule has 1 aromatic heterocycles.